The first-order valence-corrected chi connectivity index (χ1v) is 6.99. The Bertz CT molecular complexity index is 458. The molecule has 0 saturated carbocycles. The molecule has 120 valence electrons. The molecular formula is C13H19ClF3N3O. The van der Waals surface area contributed by atoms with E-state index in [2.05, 4.69) is 14.9 Å². The molecule has 0 aliphatic carbocycles. The summed E-state index contributed by atoms with van der Waals surface area (Å²) in [5.74, 6) is -0.171. The molecule has 0 atom stereocenters. The monoisotopic (exact) mass is 325 g/mol. The van der Waals surface area contributed by atoms with Gasteiger partial charge in [-0.15, -0.1) is 0 Å². The van der Waals surface area contributed by atoms with E-state index < -0.39 is 17.2 Å². The SMILES string of the molecule is CC(C)N(CCOc1cc(C(F)(F)F)nc(Cl)n1)C(C)C. The normalized spacial score (nSPS) is 12.5. The van der Waals surface area contributed by atoms with Crippen molar-refractivity contribution in [3.8, 4) is 5.88 Å². The molecule has 0 amide bonds. The van der Waals surface area contributed by atoms with E-state index in [1.807, 2.05) is 27.7 Å². The van der Waals surface area contributed by atoms with Crippen LogP contribution in [0.25, 0.3) is 0 Å². The van der Waals surface area contributed by atoms with Crippen molar-refractivity contribution in [1.82, 2.24) is 14.9 Å². The van der Waals surface area contributed by atoms with Gasteiger partial charge in [-0.05, 0) is 39.3 Å². The molecule has 0 unspecified atom stereocenters. The van der Waals surface area contributed by atoms with Gasteiger partial charge in [0.1, 0.15) is 6.61 Å². The van der Waals surface area contributed by atoms with Crippen molar-refractivity contribution < 1.29 is 17.9 Å². The number of hydrogen-bond donors (Lipinski definition) is 0. The Morgan fingerprint density at radius 2 is 1.76 bits per heavy atom. The average Bonchev–Trinajstić information content (AvgIpc) is 2.31. The topological polar surface area (TPSA) is 38.2 Å². The minimum Gasteiger partial charge on any atom is -0.476 e. The lowest BCUT2D eigenvalue weighted by molar-refractivity contribution is -0.141. The second-order valence-corrected chi connectivity index (χ2v) is 5.47. The minimum atomic E-state index is -4.58. The Morgan fingerprint density at radius 1 is 1.19 bits per heavy atom. The predicted octanol–water partition coefficient (Wildman–Crippen LogP) is 3.65. The molecule has 0 fully saturated rings. The number of nitrogens with zero attached hydrogens (tertiary/aromatic N) is 3. The molecule has 1 aromatic heterocycles. The smallest absolute Gasteiger partial charge is 0.433 e. The largest absolute Gasteiger partial charge is 0.476 e. The summed E-state index contributed by atoms with van der Waals surface area (Å²) < 4.78 is 43.1. The Balaban J connectivity index is 2.70. The number of ether oxygens (including phenoxy) is 1. The van der Waals surface area contributed by atoms with Crippen LogP contribution in [0.4, 0.5) is 13.2 Å². The van der Waals surface area contributed by atoms with Crippen molar-refractivity contribution in [3.05, 3.63) is 17.0 Å². The van der Waals surface area contributed by atoms with E-state index in [0.29, 0.717) is 18.6 Å². The van der Waals surface area contributed by atoms with Gasteiger partial charge in [0.05, 0.1) is 0 Å². The van der Waals surface area contributed by atoms with Gasteiger partial charge in [-0.3, -0.25) is 4.90 Å². The van der Waals surface area contributed by atoms with Crippen LogP contribution in [0.3, 0.4) is 0 Å². The highest BCUT2D eigenvalue weighted by atomic mass is 35.5. The molecule has 8 heteroatoms. The summed E-state index contributed by atoms with van der Waals surface area (Å²) in [6, 6.07) is 1.38. The summed E-state index contributed by atoms with van der Waals surface area (Å²) in [6.45, 7) is 8.98. The maximum Gasteiger partial charge on any atom is 0.433 e. The lowest BCUT2D eigenvalue weighted by Crippen LogP contribution is -2.39. The summed E-state index contributed by atoms with van der Waals surface area (Å²) in [5, 5.41) is -0.482. The van der Waals surface area contributed by atoms with Crippen LogP contribution in [-0.2, 0) is 6.18 Å². The lowest BCUT2D eigenvalue weighted by Gasteiger charge is -2.30. The molecule has 0 aliphatic heterocycles. The van der Waals surface area contributed by atoms with Crippen molar-refractivity contribution >= 4 is 11.6 Å². The predicted molar refractivity (Wildman–Crippen MR) is 74.5 cm³/mol. The zero-order valence-corrected chi connectivity index (χ0v) is 13.2. The van der Waals surface area contributed by atoms with Crippen LogP contribution in [0, 0.1) is 0 Å². The molecule has 0 aromatic carbocycles. The van der Waals surface area contributed by atoms with Gasteiger partial charge in [-0.1, -0.05) is 0 Å². The molecule has 4 nitrogen and oxygen atoms in total. The molecule has 0 spiro atoms. The second-order valence-electron chi connectivity index (χ2n) is 5.13. The van der Waals surface area contributed by atoms with E-state index in [4.69, 9.17) is 16.3 Å². The van der Waals surface area contributed by atoms with Gasteiger partial charge in [0, 0.05) is 24.7 Å². The van der Waals surface area contributed by atoms with Crippen LogP contribution in [0.2, 0.25) is 5.28 Å². The number of alkyl halides is 3. The fourth-order valence-corrected chi connectivity index (χ4v) is 2.16. The van der Waals surface area contributed by atoms with Crippen LogP contribution in [0.5, 0.6) is 5.88 Å². The lowest BCUT2D eigenvalue weighted by atomic mass is 10.2. The Morgan fingerprint density at radius 3 is 2.24 bits per heavy atom. The number of aromatic nitrogens is 2. The van der Waals surface area contributed by atoms with Gasteiger partial charge in [0.25, 0.3) is 0 Å². The van der Waals surface area contributed by atoms with Crippen molar-refractivity contribution in [2.75, 3.05) is 13.2 Å². The van der Waals surface area contributed by atoms with Crippen molar-refractivity contribution in [1.29, 1.82) is 0 Å². The number of rotatable bonds is 6. The van der Waals surface area contributed by atoms with Crippen LogP contribution in [0.1, 0.15) is 33.4 Å². The first-order chi connectivity index (χ1) is 9.61. The Hall–Kier alpha value is -1.08. The van der Waals surface area contributed by atoms with Gasteiger partial charge in [-0.2, -0.15) is 18.2 Å². The highest BCUT2D eigenvalue weighted by Gasteiger charge is 2.33. The Kier molecular flexibility index (Phi) is 6.22. The highest BCUT2D eigenvalue weighted by molar-refractivity contribution is 6.28. The van der Waals surface area contributed by atoms with E-state index >= 15 is 0 Å². The third-order valence-electron chi connectivity index (χ3n) is 2.89. The van der Waals surface area contributed by atoms with E-state index in [1.165, 1.54) is 0 Å². The van der Waals surface area contributed by atoms with E-state index in [0.717, 1.165) is 6.07 Å². The second kappa shape index (κ2) is 7.26. The molecule has 21 heavy (non-hydrogen) atoms. The molecule has 0 aliphatic rings. The molecule has 0 N–H and O–H groups in total. The van der Waals surface area contributed by atoms with Gasteiger partial charge in [0.15, 0.2) is 5.69 Å². The average molecular weight is 326 g/mol. The minimum absolute atomic E-state index is 0.171. The third kappa shape index (κ3) is 5.67. The standard InChI is InChI=1S/C13H19ClF3N3O/c1-8(2)20(9(3)4)5-6-21-11-7-10(13(15,16)17)18-12(14)19-11/h7-9H,5-6H2,1-4H3. The van der Waals surface area contributed by atoms with Gasteiger partial charge in [0.2, 0.25) is 11.2 Å². The van der Waals surface area contributed by atoms with Gasteiger partial charge < -0.3 is 4.74 Å². The van der Waals surface area contributed by atoms with Crippen LogP contribution in [-0.4, -0.2) is 40.1 Å². The maximum absolute atomic E-state index is 12.6. The molecule has 0 saturated heterocycles. The number of hydrogen-bond acceptors (Lipinski definition) is 4. The van der Waals surface area contributed by atoms with Crippen molar-refractivity contribution in [3.63, 3.8) is 0 Å². The van der Waals surface area contributed by atoms with Crippen LogP contribution in [0.15, 0.2) is 6.07 Å². The van der Waals surface area contributed by atoms with Crippen molar-refractivity contribution in [2.24, 2.45) is 0 Å². The molecule has 1 heterocycles. The first kappa shape index (κ1) is 18.0. The summed E-state index contributed by atoms with van der Waals surface area (Å²) in [6.07, 6.45) is -4.58. The van der Waals surface area contributed by atoms with E-state index in [9.17, 15) is 13.2 Å². The van der Waals surface area contributed by atoms with E-state index in [-0.39, 0.29) is 12.5 Å². The summed E-state index contributed by atoms with van der Waals surface area (Å²) >= 11 is 5.49. The molecule has 1 rings (SSSR count). The molecule has 1 aromatic rings. The van der Waals surface area contributed by atoms with Gasteiger partial charge >= 0.3 is 6.18 Å². The van der Waals surface area contributed by atoms with Gasteiger partial charge in [-0.25, -0.2) is 4.98 Å². The number of halogens is 4. The van der Waals surface area contributed by atoms with Crippen LogP contribution >= 0.6 is 11.6 Å². The zero-order chi connectivity index (χ0) is 16.2. The maximum atomic E-state index is 12.6. The summed E-state index contributed by atoms with van der Waals surface area (Å²) in [4.78, 5) is 8.95. The Labute approximate surface area is 127 Å². The molecular weight excluding hydrogens is 307 g/mol. The summed E-state index contributed by atoms with van der Waals surface area (Å²) in [7, 11) is 0. The summed E-state index contributed by atoms with van der Waals surface area (Å²) in [5.41, 5.74) is -1.11. The molecule has 0 radical (unpaired) electrons. The molecule has 0 bridgehead atoms. The fourth-order valence-electron chi connectivity index (χ4n) is 1.98. The van der Waals surface area contributed by atoms with Crippen molar-refractivity contribution in [2.45, 2.75) is 46.0 Å². The van der Waals surface area contributed by atoms with Crippen LogP contribution < -0.4 is 4.74 Å². The third-order valence-corrected chi connectivity index (χ3v) is 3.06. The fraction of sp³-hybridized carbons (Fsp3) is 0.692. The first-order valence-electron chi connectivity index (χ1n) is 6.61. The highest BCUT2D eigenvalue weighted by Crippen LogP contribution is 2.30. The quantitative estimate of drug-likeness (QED) is 0.748. The van der Waals surface area contributed by atoms with E-state index in [1.54, 1.807) is 0 Å². The zero-order valence-electron chi connectivity index (χ0n) is 12.4.